The molecule has 1 heterocycles. The summed E-state index contributed by atoms with van der Waals surface area (Å²) < 4.78 is 62.0. The summed E-state index contributed by atoms with van der Waals surface area (Å²) in [5.74, 6) is -1.83. The van der Waals surface area contributed by atoms with Crippen LogP contribution in [0.2, 0.25) is 0 Å². The number of benzene rings is 1. The second kappa shape index (κ2) is 7.01. The van der Waals surface area contributed by atoms with E-state index in [4.69, 9.17) is 0 Å². The van der Waals surface area contributed by atoms with E-state index in [0.29, 0.717) is 25.2 Å². The van der Waals surface area contributed by atoms with Crippen LogP contribution in [0, 0.1) is 17.6 Å². The Morgan fingerprint density at radius 3 is 2.61 bits per heavy atom. The van der Waals surface area contributed by atoms with Crippen molar-refractivity contribution in [3.8, 4) is 0 Å². The van der Waals surface area contributed by atoms with Crippen LogP contribution in [0.3, 0.4) is 0 Å². The standard InChI is InChI=1S/C14H16F5N3O/c15-11-2-1-10(5-12(11)16)22-4-3-9(7-22)6-20-13(23)21-8-14(17,18)19/h1-2,5,9H,3-4,6-8H2,(H2,20,21,23). The van der Waals surface area contributed by atoms with E-state index in [1.54, 1.807) is 5.32 Å². The molecule has 4 nitrogen and oxygen atoms in total. The van der Waals surface area contributed by atoms with Crippen LogP contribution in [-0.2, 0) is 0 Å². The lowest BCUT2D eigenvalue weighted by atomic mass is 10.1. The Balaban J connectivity index is 1.77. The number of hydrogen-bond donors (Lipinski definition) is 2. The van der Waals surface area contributed by atoms with Gasteiger partial charge in [-0.15, -0.1) is 0 Å². The van der Waals surface area contributed by atoms with E-state index in [1.807, 2.05) is 4.90 Å². The predicted octanol–water partition coefficient (Wildman–Crippen LogP) is 2.65. The van der Waals surface area contributed by atoms with Crippen LogP contribution in [0.15, 0.2) is 18.2 Å². The number of urea groups is 1. The van der Waals surface area contributed by atoms with Crippen LogP contribution in [-0.4, -0.2) is 38.4 Å². The summed E-state index contributed by atoms with van der Waals surface area (Å²) in [5.41, 5.74) is 0.535. The maximum atomic E-state index is 13.2. The van der Waals surface area contributed by atoms with Crippen molar-refractivity contribution in [1.82, 2.24) is 10.6 Å². The van der Waals surface area contributed by atoms with Gasteiger partial charge in [0.2, 0.25) is 0 Å². The van der Waals surface area contributed by atoms with Gasteiger partial charge in [-0.2, -0.15) is 13.2 Å². The molecule has 23 heavy (non-hydrogen) atoms. The van der Waals surface area contributed by atoms with E-state index < -0.39 is 30.4 Å². The number of rotatable bonds is 4. The Morgan fingerprint density at radius 1 is 1.22 bits per heavy atom. The summed E-state index contributed by atoms with van der Waals surface area (Å²) in [6.07, 6.45) is -3.76. The molecular formula is C14H16F5N3O. The molecule has 0 radical (unpaired) electrons. The Morgan fingerprint density at radius 2 is 1.96 bits per heavy atom. The van der Waals surface area contributed by atoms with Crippen molar-refractivity contribution in [3.63, 3.8) is 0 Å². The van der Waals surface area contributed by atoms with Gasteiger partial charge < -0.3 is 15.5 Å². The molecule has 1 fully saturated rings. The molecule has 1 atom stereocenters. The number of halogens is 5. The van der Waals surface area contributed by atoms with Crippen molar-refractivity contribution < 1.29 is 26.7 Å². The first kappa shape index (κ1) is 17.3. The molecule has 0 saturated carbocycles. The lowest BCUT2D eigenvalue weighted by Gasteiger charge is -2.19. The smallest absolute Gasteiger partial charge is 0.371 e. The second-order valence-corrected chi connectivity index (χ2v) is 5.38. The zero-order valence-corrected chi connectivity index (χ0v) is 12.1. The van der Waals surface area contributed by atoms with Crippen LogP contribution < -0.4 is 15.5 Å². The lowest BCUT2D eigenvalue weighted by molar-refractivity contribution is -0.122. The van der Waals surface area contributed by atoms with Gasteiger partial charge in [-0.1, -0.05) is 0 Å². The summed E-state index contributed by atoms with van der Waals surface area (Å²) in [5, 5.41) is 4.10. The monoisotopic (exact) mass is 337 g/mol. The highest BCUT2D eigenvalue weighted by Crippen LogP contribution is 2.25. The molecule has 0 aromatic heterocycles. The van der Waals surface area contributed by atoms with E-state index in [2.05, 4.69) is 5.32 Å². The normalized spacial score (nSPS) is 18.1. The van der Waals surface area contributed by atoms with Gasteiger partial charge in [-0.3, -0.25) is 0 Å². The van der Waals surface area contributed by atoms with Crippen molar-refractivity contribution in [2.24, 2.45) is 5.92 Å². The quantitative estimate of drug-likeness (QED) is 0.830. The molecule has 1 aliphatic heterocycles. The van der Waals surface area contributed by atoms with Gasteiger partial charge in [0.15, 0.2) is 11.6 Å². The molecule has 2 amide bonds. The summed E-state index contributed by atoms with van der Waals surface area (Å²) in [7, 11) is 0. The van der Waals surface area contributed by atoms with Gasteiger partial charge in [0.25, 0.3) is 0 Å². The molecule has 1 aliphatic rings. The summed E-state index contributed by atoms with van der Waals surface area (Å²) in [6.45, 7) is -0.0689. The molecule has 1 aromatic carbocycles. The number of hydrogen-bond acceptors (Lipinski definition) is 2. The Hall–Kier alpha value is -2.06. The zero-order valence-electron chi connectivity index (χ0n) is 12.1. The maximum Gasteiger partial charge on any atom is 0.405 e. The van der Waals surface area contributed by atoms with E-state index in [1.165, 1.54) is 6.07 Å². The first-order chi connectivity index (χ1) is 10.7. The van der Waals surface area contributed by atoms with E-state index in [-0.39, 0.29) is 12.5 Å². The fourth-order valence-electron chi connectivity index (χ4n) is 2.40. The minimum absolute atomic E-state index is 0.0275. The molecule has 1 aromatic rings. The zero-order chi connectivity index (χ0) is 17.0. The van der Waals surface area contributed by atoms with Gasteiger partial charge in [0, 0.05) is 31.4 Å². The highest BCUT2D eigenvalue weighted by Gasteiger charge is 2.28. The molecule has 2 N–H and O–H groups in total. The van der Waals surface area contributed by atoms with Gasteiger partial charge in [0.1, 0.15) is 6.54 Å². The third-order valence-corrected chi connectivity index (χ3v) is 3.55. The molecule has 0 aliphatic carbocycles. The molecule has 2 rings (SSSR count). The minimum atomic E-state index is -4.45. The third-order valence-electron chi connectivity index (χ3n) is 3.55. The van der Waals surface area contributed by atoms with Crippen LogP contribution in [0.5, 0.6) is 0 Å². The van der Waals surface area contributed by atoms with Gasteiger partial charge in [-0.05, 0) is 24.5 Å². The van der Waals surface area contributed by atoms with Crippen LogP contribution >= 0.6 is 0 Å². The molecule has 1 unspecified atom stereocenters. The molecule has 0 spiro atoms. The molecule has 1 saturated heterocycles. The van der Waals surface area contributed by atoms with Crippen molar-refractivity contribution in [2.75, 3.05) is 31.1 Å². The summed E-state index contributed by atoms with van der Waals surface area (Å²) >= 11 is 0. The summed E-state index contributed by atoms with van der Waals surface area (Å²) in [6, 6.07) is 2.72. The van der Waals surface area contributed by atoms with E-state index >= 15 is 0 Å². The van der Waals surface area contributed by atoms with Crippen LogP contribution in [0.1, 0.15) is 6.42 Å². The van der Waals surface area contributed by atoms with Crippen molar-refractivity contribution in [1.29, 1.82) is 0 Å². The second-order valence-electron chi connectivity index (χ2n) is 5.38. The lowest BCUT2D eigenvalue weighted by Crippen LogP contribution is -2.42. The topological polar surface area (TPSA) is 44.4 Å². The Labute approximate surface area is 129 Å². The van der Waals surface area contributed by atoms with Gasteiger partial charge >= 0.3 is 12.2 Å². The van der Waals surface area contributed by atoms with E-state index in [9.17, 15) is 26.7 Å². The molecular weight excluding hydrogens is 321 g/mol. The highest BCUT2D eigenvalue weighted by atomic mass is 19.4. The number of nitrogens with one attached hydrogen (secondary N) is 2. The van der Waals surface area contributed by atoms with Crippen LogP contribution in [0.4, 0.5) is 32.4 Å². The Kier molecular flexibility index (Phi) is 5.27. The first-order valence-corrected chi connectivity index (χ1v) is 7.03. The average molecular weight is 337 g/mol. The SMILES string of the molecule is O=C(NCC1CCN(c2ccc(F)c(F)c2)C1)NCC(F)(F)F. The van der Waals surface area contributed by atoms with E-state index in [0.717, 1.165) is 12.1 Å². The van der Waals surface area contributed by atoms with Gasteiger partial charge in [-0.25, -0.2) is 13.6 Å². The predicted molar refractivity (Wildman–Crippen MR) is 74.1 cm³/mol. The largest absolute Gasteiger partial charge is 0.405 e. The van der Waals surface area contributed by atoms with Crippen LogP contribution in [0.25, 0.3) is 0 Å². The van der Waals surface area contributed by atoms with Crippen molar-refractivity contribution in [3.05, 3.63) is 29.8 Å². The fraction of sp³-hybridized carbons (Fsp3) is 0.500. The number of carbonyl (C=O) groups excluding carboxylic acids is 1. The molecule has 0 bridgehead atoms. The number of anilines is 1. The van der Waals surface area contributed by atoms with Crippen molar-refractivity contribution in [2.45, 2.75) is 12.6 Å². The fourth-order valence-corrected chi connectivity index (χ4v) is 2.40. The summed E-state index contributed by atoms with van der Waals surface area (Å²) in [4.78, 5) is 13.1. The first-order valence-electron chi connectivity index (χ1n) is 7.03. The minimum Gasteiger partial charge on any atom is -0.371 e. The highest BCUT2D eigenvalue weighted by molar-refractivity contribution is 5.73. The van der Waals surface area contributed by atoms with Crippen molar-refractivity contribution >= 4 is 11.7 Å². The Bertz CT molecular complexity index is 564. The third kappa shape index (κ3) is 5.26. The number of alkyl halides is 3. The number of amides is 2. The number of carbonyl (C=O) groups is 1. The molecule has 128 valence electrons. The van der Waals surface area contributed by atoms with Gasteiger partial charge in [0.05, 0.1) is 0 Å². The molecule has 9 heteroatoms. The maximum absolute atomic E-state index is 13.2. The average Bonchev–Trinajstić information content (AvgIpc) is 2.94. The number of nitrogens with zero attached hydrogens (tertiary/aromatic N) is 1.